The lowest BCUT2D eigenvalue weighted by molar-refractivity contribution is -0.121. The topological polar surface area (TPSA) is 294 Å². The zero-order valence-corrected chi connectivity index (χ0v) is 32.7. The molecule has 0 atom stereocenters. The van der Waals surface area contributed by atoms with Crippen LogP contribution in [0.5, 0.6) is 0 Å². The number of carbonyl (C=O) groups excluding carboxylic acids is 6. The lowest BCUT2D eigenvalue weighted by Gasteiger charge is -2.04. The van der Waals surface area contributed by atoms with E-state index in [1.54, 1.807) is 62.1 Å². The Hall–Kier alpha value is -6.54. The molecule has 0 aliphatic rings. The summed E-state index contributed by atoms with van der Waals surface area (Å²) in [5, 5.41) is 30.7. The molecule has 4 rings (SSSR count). The smallest absolute Gasteiger partial charge is 0.272 e. The van der Waals surface area contributed by atoms with E-state index in [0.29, 0.717) is 34.1 Å². The summed E-state index contributed by atoms with van der Waals surface area (Å²) in [6.45, 7) is 0.401. The highest BCUT2D eigenvalue weighted by atomic mass is 35.5. The van der Waals surface area contributed by atoms with Crippen molar-refractivity contribution < 1.29 is 28.8 Å². The summed E-state index contributed by atoms with van der Waals surface area (Å²) < 4.78 is 6.13. The molecule has 0 saturated heterocycles. The van der Waals surface area contributed by atoms with E-state index < -0.39 is 23.6 Å². The molecule has 4 aromatic heterocycles. The van der Waals surface area contributed by atoms with Gasteiger partial charge in [0.05, 0.1) is 34.4 Å². The molecular formula is C34H46Cl2N14O6. The van der Waals surface area contributed by atoms with Crippen molar-refractivity contribution in [3.05, 3.63) is 71.8 Å². The zero-order valence-electron chi connectivity index (χ0n) is 31.1. The van der Waals surface area contributed by atoms with E-state index in [9.17, 15) is 28.8 Å². The summed E-state index contributed by atoms with van der Waals surface area (Å²) in [6, 6.07) is 5.97. The lowest BCUT2D eigenvalue weighted by atomic mass is 10.2. The summed E-state index contributed by atoms with van der Waals surface area (Å²) >= 11 is 0. The molecule has 0 fully saturated rings. The number of amides is 6. The second-order valence-corrected chi connectivity index (χ2v) is 12.5. The molecule has 4 heterocycles. The fraction of sp³-hybridized carbons (Fsp3) is 0.294. The monoisotopic (exact) mass is 816 g/mol. The number of hydrogen-bond donors (Lipinski definition) is 10. The number of carbonyl (C=O) groups is 6. The standard InChI is InChI=1S/C34H44N14O6.2ClH/c1-45-17-21(13-23(45)31(51)39-9-7-27(35)36)43-33(53)25-11-19(15-47(25)3)41-29(49)5-6-30(50)42-20-12-26(48(4)16-20)34(54)44-22-14-24(46(2)18-22)32(52)40-10-8-28(37)38;;/h11-18H,5-10H2,1-4H3,(H3,35,36)(H3,37,38)(H,39,51)(H,40,52)(H,41,49)(H,42,50)(H,43,53)(H,44,54);2*1H. The first-order chi connectivity index (χ1) is 25.5. The SMILES string of the molecule is Cl.Cl.Cn1cc(NC(=O)c2cc(NC(=O)CCC(=O)Nc3cc(C(=O)Nc4cc(C(=O)NCCC(=N)N)n(C)c4)n(C)c3)cn2C)cc1C(=O)NCCC(=N)N. The second-order valence-electron chi connectivity index (χ2n) is 12.5. The van der Waals surface area contributed by atoms with Crippen molar-refractivity contribution in [1.82, 2.24) is 28.9 Å². The quantitative estimate of drug-likeness (QED) is 0.0553. The Labute approximate surface area is 333 Å². The van der Waals surface area contributed by atoms with Gasteiger partial charge >= 0.3 is 0 Å². The lowest BCUT2D eigenvalue weighted by Crippen LogP contribution is -2.28. The highest BCUT2D eigenvalue weighted by molar-refractivity contribution is 6.07. The van der Waals surface area contributed by atoms with Crippen LogP contribution in [0.15, 0.2) is 49.1 Å². The van der Waals surface area contributed by atoms with Gasteiger partial charge in [0.15, 0.2) is 0 Å². The van der Waals surface area contributed by atoms with Gasteiger partial charge in [-0.1, -0.05) is 0 Å². The Morgan fingerprint density at radius 1 is 0.482 bits per heavy atom. The molecule has 0 aliphatic carbocycles. The van der Waals surface area contributed by atoms with Crippen molar-refractivity contribution in [1.29, 1.82) is 10.8 Å². The van der Waals surface area contributed by atoms with Gasteiger partial charge in [0.2, 0.25) is 11.8 Å². The molecule has 0 unspecified atom stereocenters. The van der Waals surface area contributed by atoms with Gasteiger partial charge in [-0.15, -0.1) is 24.8 Å². The molecule has 22 heteroatoms. The molecule has 0 aliphatic heterocycles. The van der Waals surface area contributed by atoms with E-state index in [4.69, 9.17) is 22.3 Å². The Morgan fingerprint density at radius 3 is 1.04 bits per heavy atom. The number of nitrogens with zero attached hydrogens (tertiary/aromatic N) is 4. The molecule has 0 spiro atoms. The molecule has 6 amide bonds. The molecule has 0 radical (unpaired) electrons. The average Bonchev–Trinajstić information content (AvgIpc) is 3.84. The van der Waals surface area contributed by atoms with Gasteiger partial charge < -0.3 is 61.6 Å². The van der Waals surface area contributed by atoms with Gasteiger partial charge in [-0.05, 0) is 24.3 Å². The summed E-state index contributed by atoms with van der Waals surface area (Å²) in [5.41, 5.74) is 13.1. The number of nitrogens with one attached hydrogen (secondary N) is 8. The number of nitrogens with two attached hydrogens (primary N) is 2. The Balaban J connectivity index is 0.00000541. The molecular weight excluding hydrogens is 771 g/mol. The normalized spacial score (nSPS) is 10.3. The van der Waals surface area contributed by atoms with Crippen LogP contribution in [0.3, 0.4) is 0 Å². The highest BCUT2D eigenvalue weighted by Crippen LogP contribution is 2.20. The van der Waals surface area contributed by atoms with E-state index in [-0.39, 0.29) is 98.5 Å². The van der Waals surface area contributed by atoms with Gasteiger partial charge in [0.25, 0.3) is 23.6 Å². The van der Waals surface area contributed by atoms with Crippen molar-refractivity contribution in [2.75, 3.05) is 34.4 Å². The van der Waals surface area contributed by atoms with Crippen LogP contribution in [0.2, 0.25) is 0 Å². The van der Waals surface area contributed by atoms with Gasteiger partial charge in [-0.2, -0.15) is 0 Å². The van der Waals surface area contributed by atoms with Crippen molar-refractivity contribution in [2.45, 2.75) is 25.7 Å². The van der Waals surface area contributed by atoms with E-state index in [1.165, 1.54) is 33.4 Å². The van der Waals surface area contributed by atoms with E-state index in [2.05, 4.69) is 31.9 Å². The minimum Gasteiger partial charge on any atom is -0.388 e. The van der Waals surface area contributed by atoms with Crippen LogP contribution in [0, 0.1) is 10.8 Å². The van der Waals surface area contributed by atoms with Crippen molar-refractivity contribution >= 4 is 94.7 Å². The number of aryl methyl sites for hydroxylation is 4. The summed E-state index contributed by atoms with van der Waals surface area (Å²) in [4.78, 5) is 76.3. The molecule has 0 bridgehead atoms. The van der Waals surface area contributed by atoms with Crippen LogP contribution in [0.4, 0.5) is 22.7 Å². The van der Waals surface area contributed by atoms with Gasteiger partial charge in [0.1, 0.15) is 22.8 Å². The molecule has 56 heavy (non-hydrogen) atoms. The third kappa shape index (κ3) is 12.5. The maximum atomic E-state index is 13.0. The minimum absolute atomic E-state index is 0. The fourth-order valence-corrected chi connectivity index (χ4v) is 5.30. The maximum absolute atomic E-state index is 13.0. The second kappa shape index (κ2) is 20.2. The first-order valence-electron chi connectivity index (χ1n) is 16.6. The average molecular weight is 818 g/mol. The predicted octanol–water partition coefficient (Wildman–Crippen LogP) is 1.86. The number of aromatic nitrogens is 4. The first-order valence-corrected chi connectivity index (χ1v) is 16.6. The van der Waals surface area contributed by atoms with Crippen LogP contribution < -0.4 is 43.4 Å². The van der Waals surface area contributed by atoms with Crippen LogP contribution in [-0.2, 0) is 37.8 Å². The predicted molar refractivity (Wildman–Crippen MR) is 216 cm³/mol. The Morgan fingerprint density at radius 2 is 0.750 bits per heavy atom. The maximum Gasteiger partial charge on any atom is 0.272 e. The van der Waals surface area contributed by atoms with Gasteiger partial charge in [-0.3, -0.25) is 39.6 Å². The molecule has 0 aromatic carbocycles. The zero-order chi connectivity index (χ0) is 39.7. The van der Waals surface area contributed by atoms with Crippen molar-refractivity contribution in [2.24, 2.45) is 39.7 Å². The Kier molecular flexibility index (Phi) is 16.5. The largest absolute Gasteiger partial charge is 0.388 e. The summed E-state index contributed by atoms with van der Waals surface area (Å²) in [6.07, 6.45) is 6.34. The van der Waals surface area contributed by atoms with Crippen molar-refractivity contribution in [3.63, 3.8) is 0 Å². The third-order valence-electron chi connectivity index (χ3n) is 7.97. The number of amidine groups is 2. The molecule has 0 saturated carbocycles. The third-order valence-corrected chi connectivity index (χ3v) is 7.97. The molecule has 302 valence electrons. The molecule has 12 N–H and O–H groups in total. The van der Waals surface area contributed by atoms with Gasteiger partial charge in [-0.25, -0.2) is 0 Å². The van der Waals surface area contributed by atoms with Crippen LogP contribution in [0.1, 0.15) is 67.6 Å². The summed E-state index contributed by atoms with van der Waals surface area (Å²) in [7, 11) is 6.55. The number of rotatable bonds is 17. The highest BCUT2D eigenvalue weighted by Gasteiger charge is 2.19. The van der Waals surface area contributed by atoms with Gasteiger partial charge in [0, 0.05) is 91.8 Å². The van der Waals surface area contributed by atoms with E-state index in [1.807, 2.05) is 0 Å². The summed E-state index contributed by atoms with van der Waals surface area (Å²) in [5.74, 6) is -2.77. The van der Waals surface area contributed by atoms with Crippen molar-refractivity contribution in [3.8, 4) is 0 Å². The minimum atomic E-state index is -0.485. The van der Waals surface area contributed by atoms with Crippen LogP contribution >= 0.6 is 24.8 Å². The first kappa shape index (κ1) is 45.6. The Bertz CT molecular complexity index is 1980. The number of hydrogen-bond acceptors (Lipinski definition) is 8. The van der Waals surface area contributed by atoms with Crippen LogP contribution in [0.25, 0.3) is 0 Å². The number of anilines is 4. The molecule has 20 nitrogen and oxygen atoms in total. The van der Waals surface area contributed by atoms with E-state index >= 15 is 0 Å². The van der Waals surface area contributed by atoms with Crippen LogP contribution in [-0.4, -0.2) is 78.5 Å². The fourth-order valence-electron chi connectivity index (χ4n) is 5.30. The van der Waals surface area contributed by atoms with E-state index in [0.717, 1.165) is 0 Å². The number of halogens is 2. The molecule has 4 aromatic rings.